The lowest BCUT2D eigenvalue weighted by molar-refractivity contribution is 0.0388. The van der Waals surface area contributed by atoms with E-state index in [0.29, 0.717) is 5.56 Å². The van der Waals surface area contributed by atoms with Gasteiger partial charge in [-0.15, -0.1) is 11.3 Å². The molecule has 0 saturated carbocycles. The Morgan fingerprint density at radius 2 is 1.87 bits per heavy atom. The van der Waals surface area contributed by atoms with Crippen LogP contribution in [0.4, 0.5) is 5.69 Å². The largest absolute Gasteiger partial charge is 0.486 e. The van der Waals surface area contributed by atoms with Crippen molar-refractivity contribution in [1.82, 2.24) is 14.2 Å². The maximum atomic E-state index is 13.8. The summed E-state index contributed by atoms with van der Waals surface area (Å²) in [7, 11) is -2.35. The van der Waals surface area contributed by atoms with Crippen LogP contribution in [-0.4, -0.2) is 78.4 Å². The van der Waals surface area contributed by atoms with Gasteiger partial charge in [0.1, 0.15) is 11.1 Å². The molecule has 0 unspecified atom stereocenters. The molecule has 0 spiro atoms. The number of benzene rings is 3. The van der Waals surface area contributed by atoms with Crippen LogP contribution in [0.2, 0.25) is 0 Å². The second-order valence-corrected chi connectivity index (χ2v) is 14.2. The fraction of sp³-hybridized carbons (Fsp3) is 0.303. The van der Waals surface area contributed by atoms with Crippen LogP contribution < -0.4 is 10.1 Å². The SMILES string of the molecule is Cc1ccc(S(=O)(=O)N(C)C[C@H]2Oc3c(NC(=O)c4ccc(-c5nccs5)cc4)cccc3C(=O)N([C@H](C)CO)C[C@H]2C)cc1. The van der Waals surface area contributed by atoms with Crippen molar-refractivity contribution in [3.63, 3.8) is 0 Å². The van der Waals surface area contributed by atoms with Crippen molar-refractivity contribution in [1.29, 1.82) is 0 Å². The van der Waals surface area contributed by atoms with Crippen molar-refractivity contribution >= 4 is 38.9 Å². The number of nitrogens with one attached hydrogen (secondary N) is 1. The van der Waals surface area contributed by atoms with Crippen LogP contribution >= 0.6 is 11.3 Å². The Balaban J connectivity index is 1.47. The summed E-state index contributed by atoms with van der Waals surface area (Å²) in [6.45, 7) is 5.46. The predicted molar refractivity (Wildman–Crippen MR) is 174 cm³/mol. The highest BCUT2D eigenvalue weighted by atomic mass is 32.2. The summed E-state index contributed by atoms with van der Waals surface area (Å²) in [6.07, 6.45) is 1.02. The molecule has 10 nitrogen and oxygen atoms in total. The second kappa shape index (κ2) is 13.5. The summed E-state index contributed by atoms with van der Waals surface area (Å²) < 4.78 is 34.7. The molecule has 0 radical (unpaired) electrons. The van der Waals surface area contributed by atoms with Gasteiger partial charge < -0.3 is 20.1 Å². The molecule has 236 valence electrons. The molecule has 12 heteroatoms. The molecule has 3 aromatic carbocycles. The number of ether oxygens (including phenoxy) is 1. The zero-order chi connectivity index (χ0) is 32.3. The summed E-state index contributed by atoms with van der Waals surface area (Å²) >= 11 is 1.50. The van der Waals surface area contributed by atoms with Gasteiger partial charge in [0.2, 0.25) is 10.0 Å². The molecule has 2 N–H and O–H groups in total. The van der Waals surface area contributed by atoms with E-state index in [4.69, 9.17) is 4.74 Å². The van der Waals surface area contributed by atoms with Gasteiger partial charge in [-0.3, -0.25) is 9.59 Å². The van der Waals surface area contributed by atoms with Crippen LogP contribution in [0.1, 0.15) is 40.1 Å². The van der Waals surface area contributed by atoms with E-state index in [0.717, 1.165) is 16.1 Å². The number of hydrogen-bond donors (Lipinski definition) is 2. The highest BCUT2D eigenvalue weighted by Gasteiger charge is 2.36. The number of aliphatic hydroxyl groups is 1. The van der Waals surface area contributed by atoms with Gasteiger partial charge in [-0.1, -0.05) is 42.8 Å². The molecule has 1 aliphatic heterocycles. The number of hydrogen-bond acceptors (Lipinski definition) is 8. The summed E-state index contributed by atoms with van der Waals surface area (Å²) in [5, 5.41) is 15.6. The van der Waals surface area contributed by atoms with Crippen LogP contribution in [0.15, 0.2) is 83.2 Å². The number of likely N-dealkylation sites (N-methyl/N-ethyl adjacent to an activating group) is 1. The fourth-order valence-corrected chi connectivity index (χ4v) is 6.95. The summed E-state index contributed by atoms with van der Waals surface area (Å²) in [5.74, 6) is -0.963. The number of nitrogens with zero attached hydrogens (tertiary/aromatic N) is 3. The second-order valence-electron chi connectivity index (χ2n) is 11.3. The van der Waals surface area contributed by atoms with Crippen LogP contribution in [0.25, 0.3) is 10.6 Å². The number of aliphatic hydroxyl groups excluding tert-OH is 1. The Morgan fingerprint density at radius 1 is 1.16 bits per heavy atom. The van der Waals surface area contributed by atoms with E-state index in [1.807, 2.05) is 31.4 Å². The Morgan fingerprint density at radius 3 is 2.51 bits per heavy atom. The number of aryl methyl sites for hydroxylation is 1. The average molecular weight is 649 g/mol. The van der Waals surface area contributed by atoms with Crippen molar-refractivity contribution in [3.05, 3.63) is 95.0 Å². The fourth-order valence-electron chi connectivity index (χ4n) is 5.13. The quantitative estimate of drug-likeness (QED) is 0.264. The number of carbonyl (C=O) groups is 2. The molecule has 3 atom stereocenters. The third-order valence-corrected chi connectivity index (χ3v) is 10.6. The van der Waals surface area contributed by atoms with E-state index >= 15 is 0 Å². The maximum absolute atomic E-state index is 13.8. The lowest BCUT2D eigenvalue weighted by Gasteiger charge is -2.38. The minimum absolute atomic E-state index is 0.0210. The van der Waals surface area contributed by atoms with Gasteiger partial charge in [0, 0.05) is 42.2 Å². The van der Waals surface area contributed by atoms with Gasteiger partial charge in [-0.05, 0) is 50.2 Å². The van der Waals surface area contributed by atoms with E-state index in [2.05, 4.69) is 10.3 Å². The number of amides is 2. The number of rotatable bonds is 9. The predicted octanol–water partition coefficient (Wildman–Crippen LogP) is 4.91. The first-order chi connectivity index (χ1) is 21.5. The molecule has 2 heterocycles. The first-order valence-corrected chi connectivity index (χ1v) is 16.9. The molecule has 1 aromatic heterocycles. The number of para-hydroxylation sites is 1. The first kappa shape index (κ1) is 32.3. The zero-order valence-corrected chi connectivity index (χ0v) is 27.1. The molecular weight excluding hydrogens is 613 g/mol. The minimum atomic E-state index is -3.85. The summed E-state index contributed by atoms with van der Waals surface area (Å²) in [6, 6.07) is 18.1. The van der Waals surface area contributed by atoms with Crippen LogP contribution in [0.3, 0.4) is 0 Å². The highest BCUT2D eigenvalue weighted by Crippen LogP contribution is 2.35. The molecule has 45 heavy (non-hydrogen) atoms. The topological polar surface area (TPSA) is 129 Å². The van der Waals surface area contributed by atoms with Crippen LogP contribution in [0, 0.1) is 12.8 Å². The Labute approximate surface area is 267 Å². The molecule has 5 rings (SSSR count). The van der Waals surface area contributed by atoms with Crippen molar-refractivity contribution in [2.75, 3.05) is 32.1 Å². The van der Waals surface area contributed by atoms with Crippen molar-refractivity contribution < 1.29 is 27.9 Å². The number of carbonyl (C=O) groups excluding carboxylic acids is 2. The Kier molecular flexibility index (Phi) is 9.68. The summed E-state index contributed by atoms with van der Waals surface area (Å²) in [5.41, 5.74) is 2.70. The van der Waals surface area contributed by atoms with Crippen molar-refractivity contribution in [3.8, 4) is 16.3 Å². The van der Waals surface area contributed by atoms with E-state index in [9.17, 15) is 23.1 Å². The molecule has 0 bridgehead atoms. The van der Waals surface area contributed by atoms with Crippen LogP contribution in [0.5, 0.6) is 5.75 Å². The van der Waals surface area contributed by atoms with Crippen molar-refractivity contribution in [2.24, 2.45) is 5.92 Å². The molecule has 1 aliphatic rings. The standard InChI is InChI=1S/C33H36N4O6S2/c1-21-8-14-26(15-9-21)45(41,42)36(4)19-29-22(2)18-37(23(3)20-38)33(40)27-6-5-7-28(30(27)43-29)35-31(39)24-10-12-25(13-11-24)32-34-16-17-44-32/h5-17,22-23,29,38H,18-20H2,1-4H3,(H,35,39)/t22-,23-,29-/m1/s1. The van der Waals surface area contributed by atoms with Gasteiger partial charge in [0.15, 0.2) is 5.75 Å². The molecule has 0 aliphatic carbocycles. The number of aromatic nitrogens is 1. The first-order valence-electron chi connectivity index (χ1n) is 14.6. The third-order valence-electron chi connectivity index (χ3n) is 7.93. The molecular formula is C33H36N4O6S2. The summed E-state index contributed by atoms with van der Waals surface area (Å²) in [4.78, 5) is 33.2. The van der Waals surface area contributed by atoms with Gasteiger partial charge in [-0.25, -0.2) is 13.4 Å². The normalized spacial score (nSPS) is 17.6. The van der Waals surface area contributed by atoms with E-state index < -0.39 is 28.1 Å². The minimum Gasteiger partial charge on any atom is -0.486 e. The monoisotopic (exact) mass is 648 g/mol. The molecule has 0 saturated heterocycles. The lowest BCUT2D eigenvalue weighted by atomic mass is 9.99. The smallest absolute Gasteiger partial charge is 0.258 e. The zero-order valence-electron chi connectivity index (χ0n) is 25.5. The Hall–Kier alpha value is -4.10. The van der Waals surface area contributed by atoms with Gasteiger partial charge in [0.05, 0.1) is 35.3 Å². The molecule has 0 fully saturated rings. The lowest BCUT2D eigenvalue weighted by Crippen LogP contribution is -2.50. The highest BCUT2D eigenvalue weighted by molar-refractivity contribution is 7.89. The van der Waals surface area contributed by atoms with Gasteiger partial charge in [0.25, 0.3) is 11.8 Å². The van der Waals surface area contributed by atoms with E-state index in [1.54, 1.807) is 72.6 Å². The third kappa shape index (κ3) is 6.94. The van der Waals surface area contributed by atoms with E-state index in [-0.39, 0.29) is 53.4 Å². The number of thiazole rings is 1. The number of anilines is 1. The molecule has 2 amide bonds. The molecule has 4 aromatic rings. The van der Waals surface area contributed by atoms with Gasteiger partial charge >= 0.3 is 0 Å². The maximum Gasteiger partial charge on any atom is 0.258 e. The van der Waals surface area contributed by atoms with Crippen molar-refractivity contribution in [2.45, 2.75) is 37.8 Å². The average Bonchev–Trinajstić information content (AvgIpc) is 3.58. The Bertz CT molecular complexity index is 1760. The van der Waals surface area contributed by atoms with E-state index in [1.165, 1.54) is 22.7 Å². The number of fused-ring (bicyclic) bond motifs is 1. The van der Waals surface area contributed by atoms with Crippen LogP contribution in [-0.2, 0) is 10.0 Å². The number of sulfonamides is 1. The van der Waals surface area contributed by atoms with Gasteiger partial charge in [-0.2, -0.15) is 4.31 Å².